The van der Waals surface area contributed by atoms with Gasteiger partial charge in [0.05, 0.1) is 18.4 Å². The third-order valence-corrected chi connectivity index (χ3v) is 12.1. The third kappa shape index (κ3) is 5.67. The number of benzene rings is 1. The number of rotatable bonds is 9. The van der Waals surface area contributed by atoms with Crippen LogP contribution >= 0.6 is 0 Å². The van der Waals surface area contributed by atoms with Crippen molar-refractivity contribution in [3.63, 3.8) is 0 Å². The van der Waals surface area contributed by atoms with Gasteiger partial charge in [-0.15, -0.1) is 0 Å². The Morgan fingerprint density at radius 2 is 2.03 bits per heavy atom. The molecule has 1 aromatic carbocycles. The van der Waals surface area contributed by atoms with Crippen LogP contribution in [0.5, 0.6) is 5.88 Å². The smallest absolute Gasteiger partial charge is 0.329 e. The number of carbonyl (C=O) groups excluding carboxylic acids is 1. The van der Waals surface area contributed by atoms with Gasteiger partial charge in [-0.3, -0.25) is 0 Å². The van der Waals surface area contributed by atoms with Gasteiger partial charge >= 0.3 is 7.41 Å². The lowest BCUT2D eigenvalue weighted by atomic mass is 9.83. The molecule has 9 nitrogen and oxygen atoms in total. The van der Waals surface area contributed by atoms with Crippen molar-refractivity contribution in [2.24, 2.45) is 0 Å². The quantitative estimate of drug-likeness (QED) is 0.293. The second kappa shape index (κ2) is 10.8. The first-order valence-corrected chi connectivity index (χ1v) is 15.7. The normalized spacial score (nSPS) is 16.8. The van der Waals surface area contributed by atoms with Crippen LogP contribution in [0.1, 0.15) is 38.8 Å². The van der Waals surface area contributed by atoms with Crippen LogP contribution in [0.25, 0.3) is 11.3 Å². The van der Waals surface area contributed by atoms with Gasteiger partial charge in [-0.1, -0.05) is 27.7 Å². The molecule has 3 aromatic rings. The van der Waals surface area contributed by atoms with Crippen LogP contribution in [0.15, 0.2) is 42.7 Å². The minimum absolute atomic E-state index is 0.0559. The molecular formula is C28H34BN6O3Si. The van der Waals surface area contributed by atoms with E-state index in [-0.39, 0.29) is 5.04 Å². The molecule has 1 aliphatic rings. The number of carbonyl (C=O) groups is 1. The molecule has 39 heavy (non-hydrogen) atoms. The average Bonchev–Trinajstić information content (AvgIpc) is 3.19. The van der Waals surface area contributed by atoms with Crippen LogP contribution in [0, 0.1) is 11.3 Å². The van der Waals surface area contributed by atoms with E-state index < -0.39 is 13.7 Å². The number of nitriles is 1. The molecule has 0 saturated carbocycles. The summed E-state index contributed by atoms with van der Waals surface area (Å²) in [5, 5.41) is 13.4. The number of nitrogens with zero attached hydrogens (tertiary/aromatic N) is 5. The largest absolute Gasteiger partial charge is 0.480 e. The summed E-state index contributed by atoms with van der Waals surface area (Å²) in [6.45, 7) is 14.2. The average molecular weight is 542 g/mol. The van der Waals surface area contributed by atoms with Gasteiger partial charge in [-0.2, -0.15) is 5.26 Å². The fourth-order valence-corrected chi connectivity index (χ4v) is 5.52. The molecule has 0 unspecified atom stereocenters. The molecule has 11 heteroatoms. The van der Waals surface area contributed by atoms with Gasteiger partial charge in [0.1, 0.15) is 17.9 Å². The van der Waals surface area contributed by atoms with Crippen molar-refractivity contribution in [1.29, 1.82) is 5.26 Å². The van der Waals surface area contributed by atoms with E-state index in [1.165, 1.54) is 7.41 Å². The maximum Gasteiger partial charge on any atom is 0.329 e. The summed E-state index contributed by atoms with van der Waals surface area (Å²) in [6.07, 6.45) is 4.07. The molecule has 2 aromatic heterocycles. The zero-order chi connectivity index (χ0) is 28.4. The Morgan fingerprint density at radius 1 is 1.26 bits per heavy atom. The van der Waals surface area contributed by atoms with Crippen LogP contribution in [-0.2, 0) is 14.6 Å². The maximum absolute atomic E-state index is 11.5. The Kier molecular flexibility index (Phi) is 7.82. The van der Waals surface area contributed by atoms with Crippen molar-refractivity contribution in [1.82, 2.24) is 15.0 Å². The molecule has 0 aliphatic carbocycles. The Bertz CT molecular complexity index is 1420. The van der Waals surface area contributed by atoms with Gasteiger partial charge < -0.3 is 24.1 Å². The molecule has 1 N–H and O–H groups in total. The summed E-state index contributed by atoms with van der Waals surface area (Å²) in [5.74, 6) is 0.803. The van der Waals surface area contributed by atoms with Crippen molar-refractivity contribution in [2.45, 2.75) is 51.2 Å². The van der Waals surface area contributed by atoms with E-state index >= 15 is 0 Å². The Balaban J connectivity index is 1.75. The van der Waals surface area contributed by atoms with E-state index in [0.717, 1.165) is 23.0 Å². The molecule has 0 bridgehead atoms. The first-order chi connectivity index (χ1) is 18.4. The van der Waals surface area contributed by atoms with Crippen molar-refractivity contribution in [3.05, 3.63) is 53.9 Å². The molecule has 0 amide bonds. The van der Waals surface area contributed by atoms with Crippen molar-refractivity contribution in [2.75, 3.05) is 30.4 Å². The SMILES string of the molecule is COc1ncccc1Nc1nccc(-c2cc(C#N)c3c(c2)[C@](C)(CO[Si](C)(C)C(C)(C)C)CN3[B]C=O)n1. The number of nitrogens with one attached hydrogen (secondary N) is 1. The van der Waals surface area contributed by atoms with Gasteiger partial charge in [0, 0.05) is 42.2 Å². The molecule has 3 heterocycles. The van der Waals surface area contributed by atoms with E-state index in [1.54, 1.807) is 25.6 Å². The van der Waals surface area contributed by atoms with Crippen molar-refractivity contribution >= 4 is 39.2 Å². The Hall–Kier alpha value is -3.75. The van der Waals surface area contributed by atoms with Crippen LogP contribution in [-0.4, -0.2) is 57.1 Å². The highest BCUT2D eigenvalue weighted by Gasteiger charge is 2.44. The minimum Gasteiger partial charge on any atom is -0.480 e. The topological polar surface area (TPSA) is 113 Å². The molecule has 0 fully saturated rings. The number of methoxy groups -OCH3 is 1. The first kappa shape index (κ1) is 28.3. The van der Waals surface area contributed by atoms with Crippen LogP contribution in [0.4, 0.5) is 17.3 Å². The predicted molar refractivity (Wildman–Crippen MR) is 157 cm³/mol. The Labute approximate surface area is 232 Å². The second-order valence-electron chi connectivity index (χ2n) is 11.5. The van der Waals surface area contributed by atoms with Gasteiger partial charge in [0.15, 0.2) is 8.32 Å². The third-order valence-electron chi connectivity index (χ3n) is 7.65. The molecular weight excluding hydrogens is 507 g/mol. The lowest BCUT2D eigenvalue weighted by Gasteiger charge is -2.39. The molecule has 4 rings (SSSR count). The summed E-state index contributed by atoms with van der Waals surface area (Å²) in [4.78, 5) is 26.7. The zero-order valence-electron chi connectivity index (χ0n) is 23.6. The summed E-state index contributed by atoms with van der Waals surface area (Å²) in [5.41, 5.74) is 3.79. The molecule has 201 valence electrons. The lowest BCUT2D eigenvalue weighted by Crippen LogP contribution is -2.46. The van der Waals surface area contributed by atoms with E-state index in [1.807, 2.05) is 23.0 Å². The van der Waals surface area contributed by atoms with Crippen molar-refractivity contribution in [3.8, 4) is 23.2 Å². The Morgan fingerprint density at radius 3 is 2.69 bits per heavy atom. The van der Waals surface area contributed by atoms with Gasteiger partial charge in [-0.25, -0.2) is 15.0 Å². The number of pyridine rings is 1. The summed E-state index contributed by atoms with van der Waals surface area (Å²) in [6, 6.07) is 11.6. The van der Waals surface area contributed by atoms with E-state index in [9.17, 15) is 10.1 Å². The number of hydrogen-bond donors (Lipinski definition) is 1. The van der Waals surface area contributed by atoms with Gasteiger partial charge in [0.25, 0.3) is 0 Å². The van der Waals surface area contributed by atoms with E-state index in [0.29, 0.717) is 41.9 Å². The molecule has 1 radical (unpaired) electrons. The van der Waals surface area contributed by atoms with Gasteiger partial charge in [-0.05, 0) is 54.0 Å². The number of hydrogen-bond acceptors (Lipinski definition) is 9. The van der Waals surface area contributed by atoms with Crippen LogP contribution < -0.4 is 14.9 Å². The summed E-state index contributed by atoms with van der Waals surface area (Å²) < 4.78 is 12.0. The van der Waals surface area contributed by atoms with Crippen LogP contribution in [0.3, 0.4) is 0 Å². The molecule has 1 atom stereocenters. The van der Waals surface area contributed by atoms with Gasteiger partial charge in [0.2, 0.25) is 11.8 Å². The van der Waals surface area contributed by atoms with Crippen molar-refractivity contribution < 1.29 is 14.0 Å². The fraction of sp³-hybridized carbons (Fsp3) is 0.393. The van der Waals surface area contributed by atoms with E-state index in [2.05, 4.69) is 68.2 Å². The van der Waals surface area contributed by atoms with Crippen LogP contribution in [0.2, 0.25) is 18.1 Å². The molecule has 0 saturated heterocycles. The predicted octanol–water partition coefficient (Wildman–Crippen LogP) is 5.07. The standard InChI is InChI=1S/C28H34BN6O3Si/c1-27(2,3)39(6,7)38-17-28(4)16-35(29-18-36)24-20(15-30)13-19(14-21(24)28)22-10-12-32-26(33-22)34-23-9-8-11-31-25(23)37-5/h8-14,18H,16-17H2,1-7H3,(H,32,33,34)/t28-/m0/s1. The molecule has 0 spiro atoms. The first-order valence-electron chi connectivity index (χ1n) is 12.8. The monoisotopic (exact) mass is 541 g/mol. The number of aromatic nitrogens is 3. The highest BCUT2D eigenvalue weighted by Crippen LogP contribution is 2.46. The molecule has 1 aliphatic heterocycles. The maximum atomic E-state index is 11.5. The summed E-state index contributed by atoms with van der Waals surface area (Å²) in [7, 11) is 1.00. The highest BCUT2D eigenvalue weighted by atomic mass is 28.4. The summed E-state index contributed by atoms with van der Waals surface area (Å²) >= 11 is 0. The number of anilines is 3. The second-order valence-corrected chi connectivity index (χ2v) is 16.3. The number of ether oxygens (including phenoxy) is 1. The lowest BCUT2D eigenvalue weighted by molar-refractivity contribution is 0.219. The fourth-order valence-electron chi connectivity index (χ4n) is 4.41. The zero-order valence-corrected chi connectivity index (χ0v) is 24.6. The number of fused-ring (bicyclic) bond motifs is 1. The van der Waals surface area contributed by atoms with E-state index in [4.69, 9.17) is 14.1 Å². The minimum atomic E-state index is -2.04. The highest BCUT2D eigenvalue weighted by molar-refractivity contribution is 6.74.